The fraction of sp³-hybridized carbons (Fsp3) is 0.0909. The molecule has 0 unspecified atom stereocenters. The largest absolute Gasteiger partial charge is 0.495 e. The number of rotatable bonds is 7. The maximum absolute atomic E-state index is 12.1. The highest BCUT2D eigenvalue weighted by molar-refractivity contribution is 6.02. The SMILES string of the molecule is COc1ccccc1NC(=O)/C=C/c1ccc(OCc2cccnc2)cc1. The Labute approximate surface area is 158 Å². The Balaban J connectivity index is 1.55. The molecular formula is C22H20N2O3. The van der Waals surface area contributed by atoms with Crippen molar-refractivity contribution in [3.05, 3.63) is 90.3 Å². The van der Waals surface area contributed by atoms with E-state index in [1.807, 2.05) is 48.5 Å². The molecule has 0 atom stereocenters. The molecule has 2 aromatic carbocycles. The number of carbonyl (C=O) groups is 1. The number of nitrogens with zero attached hydrogens (tertiary/aromatic N) is 1. The number of carbonyl (C=O) groups excluding carboxylic acids is 1. The number of benzene rings is 2. The fourth-order valence-electron chi connectivity index (χ4n) is 2.42. The first-order chi connectivity index (χ1) is 13.2. The van der Waals surface area contributed by atoms with Crippen LogP contribution in [0.15, 0.2) is 79.1 Å². The number of aromatic nitrogens is 1. The van der Waals surface area contributed by atoms with E-state index in [9.17, 15) is 4.79 Å². The number of hydrogen-bond acceptors (Lipinski definition) is 4. The summed E-state index contributed by atoms with van der Waals surface area (Å²) in [7, 11) is 1.57. The van der Waals surface area contributed by atoms with Gasteiger partial charge in [-0.1, -0.05) is 30.3 Å². The number of hydrogen-bond donors (Lipinski definition) is 1. The number of ether oxygens (including phenoxy) is 2. The standard InChI is InChI=1S/C22H20N2O3/c1-26-21-7-3-2-6-20(21)24-22(25)13-10-17-8-11-19(12-9-17)27-16-18-5-4-14-23-15-18/h2-15H,16H2,1H3,(H,24,25)/b13-10+. The van der Waals surface area contributed by atoms with Gasteiger partial charge in [-0.25, -0.2) is 0 Å². The minimum absolute atomic E-state index is 0.226. The summed E-state index contributed by atoms with van der Waals surface area (Å²) in [5.41, 5.74) is 2.54. The zero-order valence-electron chi connectivity index (χ0n) is 15.0. The predicted octanol–water partition coefficient (Wildman–Crippen LogP) is 4.32. The number of methoxy groups -OCH3 is 1. The van der Waals surface area contributed by atoms with Crippen molar-refractivity contribution in [1.29, 1.82) is 0 Å². The molecule has 27 heavy (non-hydrogen) atoms. The highest BCUT2D eigenvalue weighted by Gasteiger charge is 2.04. The summed E-state index contributed by atoms with van der Waals surface area (Å²) < 4.78 is 10.9. The summed E-state index contributed by atoms with van der Waals surface area (Å²) in [6.45, 7) is 0.463. The van der Waals surface area contributed by atoms with Crippen molar-refractivity contribution in [3.63, 3.8) is 0 Å². The molecule has 1 amide bonds. The van der Waals surface area contributed by atoms with Crippen LogP contribution >= 0.6 is 0 Å². The zero-order chi connectivity index (χ0) is 18.9. The van der Waals surface area contributed by atoms with Crippen molar-refractivity contribution in [1.82, 2.24) is 4.98 Å². The lowest BCUT2D eigenvalue weighted by Crippen LogP contribution is -2.08. The lowest BCUT2D eigenvalue weighted by atomic mass is 10.2. The van der Waals surface area contributed by atoms with Gasteiger partial charge in [0.1, 0.15) is 18.1 Å². The van der Waals surface area contributed by atoms with E-state index in [1.165, 1.54) is 6.08 Å². The number of para-hydroxylation sites is 2. The van der Waals surface area contributed by atoms with Crippen LogP contribution in [0.1, 0.15) is 11.1 Å². The highest BCUT2D eigenvalue weighted by atomic mass is 16.5. The third-order valence-electron chi connectivity index (χ3n) is 3.80. The second kappa shape index (κ2) is 9.20. The lowest BCUT2D eigenvalue weighted by Gasteiger charge is -2.08. The van der Waals surface area contributed by atoms with Gasteiger partial charge in [0.2, 0.25) is 5.91 Å². The molecule has 0 bridgehead atoms. The van der Waals surface area contributed by atoms with Crippen molar-refractivity contribution in [2.75, 3.05) is 12.4 Å². The molecule has 1 N–H and O–H groups in total. The Morgan fingerprint density at radius 3 is 2.63 bits per heavy atom. The Morgan fingerprint density at radius 2 is 1.89 bits per heavy atom. The third kappa shape index (κ3) is 5.44. The molecule has 0 fully saturated rings. The summed E-state index contributed by atoms with van der Waals surface area (Å²) in [6.07, 6.45) is 6.74. The van der Waals surface area contributed by atoms with Gasteiger partial charge < -0.3 is 14.8 Å². The van der Waals surface area contributed by atoms with Crippen molar-refractivity contribution in [2.24, 2.45) is 0 Å². The number of anilines is 1. The summed E-state index contributed by atoms with van der Waals surface area (Å²) in [4.78, 5) is 16.2. The Kier molecular flexibility index (Phi) is 6.20. The average molecular weight is 360 g/mol. The maximum atomic E-state index is 12.1. The van der Waals surface area contributed by atoms with E-state index in [0.29, 0.717) is 18.0 Å². The fourth-order valence-corrected chi connectivity index (χ4v) is 2.42. The summed E-state index contributed by atoms with van der Waals surface area (Å²) in [5.74, 6) is 1.15. The van der Waals surface area contributed by atoms with E-state index >= 15 is 0 Å². The Morgan fingerprint density at radius 1 is 1.07 bits per heavy atom. The minimum atomic E-state index is -0.226. The van der Waals surface area contributed by atoms with Crippen LogP contribution in [0.2, 0.25) is 0 Å². The maximum Gasteiger partial charge on any atom is 0.248 e. The van der Waals surface area contributed by atoms with Crippen molar-refractivity contribution in [2.45, 2.75) is 6.61 Å². The first-order valence-corrected chi connectivity index (χ1v) is 8.48. The molecule has 0 aliphatic rings. The average Bonchev–Trinajstić information content (AvgIpc) is 2.72. The van der Waals surface area contributed by atoms with Gasteiger partial charge in [0, 0.05) is 24.0 Å². The van der Waals surface area contributed by atoms with Crippen LogP contribution < -0.4 is 14.8 Å². The monoisotopic (exact) mass is 360 g/mol. The van der Waals surface area contributed by atoms with E-state index in [0.717, 1.165) is 16.9 Å². The topological polar surface area (TPSA) is 60.5 Å². The smallest absolute Gasteiger partial charge is 0.248 e. The van der Waals surface area contributed by atoms with E-state index in [1.54, 1.807) is 37.7 Å². The van der Waals surface area contributed by atoms with Crippen molar-refractivity contribution < 1.29 is 14.3 Å². The first kappa shape index (κ1) is 18.2. The summed E-state index contributed by atoms with van der Waals surface area (Å²) >= 11 is 0. The molecule has 1 aromatic heterocycles. The Hall–Kier alpha value is -3.60. The molecule has 5 nitrogen and oxygen atoms in total. The molecule has 0 radical (unpaired) electrons. The third-order valence-corrected chi connectivity index (χ3v) is 3.80. The van der Waals surface area contributed by atoms with Gasteiger partial charge in [-0.3, -0.25) is 9.78 Å². The number of amides is 1. The van der Waals surface area contributed by atoms with Crippen LogP contribution in [0.25, 0.3) is 6.08 Å². The van der Waals surface area contributed by atoms with Crippen LogP contribution in [-0.4, -0.2) is 18.0 Å². The molecule has 0 spiro atoms. The normalized spacial score (nSPS) is 10.6. The molecule has 0 aliphatic carbocycles. The molecule has 0 saturated carbocycles. The molecule has 0 aliphatic heterocycles. The molecule has 1 heterocycles. The van der Waals surface area contributed by atoms with Crippen molar-refractivity contribution in [3.8, 4) is 11.5 Å². The van der Waals surface area contributed by atoms with E-state index in [-0.39, 0.29) is 5.91 Å². The minimum Gasteiger partial charge on any atom is -0.495 e. The van der Waals surface area contributed by atoms with Gasteiger partial charge in [0.25, 0.3) is 0 Å². The molecule has 136 valence electrons. The van der Waals surface area contributed by atoms with Gasteiger partial charge in [0.05, 0.1) is 12.8 Å². The van der Waals surface area contributed by atoms with E-state index < -0.39 is 0 Å². The Bertz CT molecular complexity index is 906. The van der Waals surface area contributed by atoms with Crippen LogP contribution in [0.3, 0.4) is 0 Å². The van der Waals surface area contributed by atoms with Crippen LogP contribution in [0, 0.1) is 0 Å². The number of pyridine rings is 1. The highest BCUT2D eigenvalue weighted by Crippen LogP contribution is 2.23. The molecular weight excluding hydrogens is 340 g/mol. The predicted molar refractivity (Wildman–Crippen MR) is 106 cm³/mol. The van der Waals surface area contributed by atoms with E-state index in [2.05, 4.69) is 10.3 Å². The summed E-state index contributed by atoms with van der Waals surface area (Å²) in [6, 6.07) is 18.6. The second-order valence-corrected chi connectivity index (χ2v) is 5.74. The van der Waals surface area contributed by atoms with Gasteiger partial charge in [-0.2, -0.15) is 0 Å². The van der Waals surface area contributed by atoms with E-state index in [4.69, 9.17) is 9.47 Å². The zero-order valence-corrected chi connectivity index (χ0v) is 15.0. The second-order valence-electron chi connectivity index (χ2n) is 5.74. The molecule has 3 rings (SSSR count). The number of nitrogens with one attached hydrogen (secondary N) is 1. The lowest BCUT2D eigenvalue weighted by molar-refractivity contribution is -0.111. The molecule has 3 aromatic rings. The van der Waals surface area contributed by atoms with Crippen LogP contribution in [0.5, 0.6) is 11.5 Å². The first-order valence-electron chi connectivity index (χ1n) is 8.48. The molecule has 5 heteroatoms. The van der Waals surface area contributed by atoms with Gasteiger partial charge in [0.15, 0.2) is 0 Å². The quantitative estimate of drug-likeness (QED) is 0.638. The van der Waals surface area contributed by atoms with Gasteiger partial charge >= 0.3 is 0 Å². The van der Waals surface area contributed by atoms with Crippen LogP contribution in [0.4, 0.5) is 5.69 Å². The van der Waals surface area contributed by atoms with Crippen LogP contribution in [-0.2, 0) is 11.4 Å². The molecule has 0 saturated heterocycles. The van der Waals surface area contributed by atoms with Gasteiger partial charge in [-0.05, 0) is 42.0 Å². The summed E-state index contributed by atoms with van der Waals surface area (Å²) in [5, 5.41) is 2.80. The van der Waals surface area contributed by atoms with Gasteiger partial charge in [-0.15, -0.1) is 0 Å². The van der Waals surface area contributed by atoms with Crippen molar-refractivity contribution >= 4 is 17.7 Å².